The fraction of sp³-hybridized carbons (Fsp3) is 0.276. The first-order valence-electron chi connectivity index (χ1n) is 12.3. The van der Waals surface area contributed by atoms with Crippen molar-refractivity contribution in [3.63, 3.8) is 0 Å². The molecule has 4 rings (SSSR count). The van der Waals surface area contributed by atoms with Gasteiger partial charge in [0.2, 0.25) is 11.7 Å². The number of anilines is 1. The summed E-state index contributed by atoms with van der Waals surface area (Å²) >= 11 is 0. The second-order valence-electron chi connectivity index (χ2n) is 8.66. The number of aryl methyl sites for hydroxylation is 1. The van der Waals surface area contributed by atoms with Crippen LogP contribution in [-0.2, 0) is 17.9 Å². The molecule has 0 fully saturated rings. The van der Waals surface area contributed by atoms with E-state index in [1.54, 1.807) is 33.3 Å². The molecule has 9 nitrogen and oxygen atoms in total. The van der Waals surface area contributed by atoms with Gasteiger partial charge < -0.3 is 29.4 Å². The summed E-state index contributed by atoms with van der Waals surface area (Å²) in [4.78, 5) is 17.3. The lowest BCUT2D eigenvalue weighted by molar-refractivity contribution is 0.0950. The Labute approximate surface area is 222 Å². The number of nitrogens with zero attached hydrogens (tertiary/aromatic N) is 2. The maximum absolute atomic E-state index is 13.0. The molecule has 38 heavy (non-hydrogen) atoms. The van der Waals surface area contributed by atoms with Crippen LogP contribution in [0.2, 0.25) is 0 Å². The molecule has 2 N–H and O–H groups in total. The molecule has 0 radical (unpaired) electrons. The number of carbonyl (C=O) groups is 1. The molecule has 0 aliphatic rings. The minimum Gasteiger partial charge on any atom is -0.496 e. The molecule has 4 aromatic rings. The Morgan fingerprint density at radius 2 is 1.71 bits per heavy atom. The molecule has 0 atom stereocenters. The van der Waals surface area contributed by atoms with Crippen molar-refractivity contribution in [2.45, 2.75) is 27.0 Å². The van der Waals surface area contributed by atoms with Gasteiger partial charge in [0.1, 0.15) is 11.5 Å². The summed E-state index contributed by atoms with van der Waals surface area (Å²) in [5.41, 5.74) is 4.95. The first kappa shape index (κ1) is 26.7. The van der Waals surface area contributed by atoms with Crippen LogP contribution in [-0.4, -0.2) is 43.4 Å². The van der Waals surface area contributed by atoms with Crippen molar-refractivity contribution >= 4 is 11.6 Å². The van der Waals surface area contributed by atoms with E-state index in [-0.39, 0.29) is 5.91 Å². The van der Waals surface area contributed by atoms with Crippen molar-refractivity contribution < 1.29 is 23.5 Å². The smallest absolute Gasteiger partial charge is 0.251 e. The van der Waals surface area contributed by atoms with E-state index in [1.807, 2.05) is 55.5 Å². The highest BCUT2D eigenvalue weighted by molar-refractivity contribution is 5.95. The Bertz CT molecular complexity index is 1350. The molecule has 0 bridgehead atoms. The Morgan fingerprint density at radius 3 is 2.37 bits per heavy atom. The first-order valence-corrected chi connectivity index (χ1v) is 12.3. The van der Waals surface area contributed by atoms with Crippen LogP contribution < -0.4 is 20.1 Å². The number of hydrogen-bond donors (Lipinski definition) is 2. The maximum Gasteiger partial charge on any atom is 0.251 e. The summed E-state index contributed by atoms with van der Waals surface area (Å²) in [6, 6.07) is 19.2. The molecular formula is C29H32N4O5. The zero-order valence-corrected chi connectivity index (χ0v) is 22.0. The average Bonchev–Trinajstić information content (AvgIpc) is 3.38. The van der Waals surface area contributed by atoms with E-state index >= 15 is 0 Å². The number of carbonyl (C=O) groups excluding carboxylic acids is 1. The topological polar surface area (TPSA) is 108 Å². The minimum absolute atomic E-state index is 0.239. The summed E-state index contributed by atoms with van der Waals surface area (Å²) in [6.45, 7) is 5.56. The summed E-state index contributed by atoms with van der Waals surface area (Å²) in [5.74, 6) is 1.93. The van der Waals surface area contributed by atoms with E-state index in [1.165, 1.54) is 0 Å². The summed E-state index contributed by atoms with van der Waals surface area (Å²) in [6.07, 6.45) is 0. The van der Waals surface area contributed by atoms with Gasteiger partial charge in [0.25, 0.3) is 5.91 Å². The Balaban J connectivity index is 1.45. The van der Waals surface area contributed by atoms with Crippen molar-refractivity contribution in [2.75, 3.05) is 32.7 Å². The Morgan fingerprint density at radius 1 is 0.974 bits per heavy atom. The molecule has 0 unspecified atom stereocenters. The quantitative estimate of drug-likeness (QED) is 0.255. The fourth-order valence-corrected chi connectivity index (χ4v) is 3.97. The number of amides is 1. The van der Waals surface area contributed by atoms with E-state index < -0.39 is 0 Å². The highest BCUT2D eigenvalue weighted by Gasteiger charge is 2.15. The van der Waals surface area contributed by atoms with Crippen LogP contribution in [0.1, 0.15) is 32.9 Å². The van der Waals surface area contributed by atoms with Gasteiger partial charge in [-0.2, -0.15) is 4.98 Å². The van der Waals surface area contributed by atoms with Gasteiger partial charge in [-0.1, -0.05) is 47.6 Å². The number of nitrogens with one attached hydrogen (secondary N) is 2. The van der Waals surface area contributed by atoms with Crippen LogP contribution in [0.5, 0.6) is 11.5 Å². The molecule has 0 spiro atoms. The molecule has 1 aromatic heterocycles. The van der Waals surface area contributed by atoms with Crippen molar-refractivity contribution in [2.24, 2.45) is 0 Å². The number of hydrogen-bond acceptors (Lipinski definition) is 8. The van der Waals surface area contributed by atoms with Crippen LogP contribution in [0, 0.1) is 13.8 Å². The molecule has 9 heteroatoms. The van der Waals surface area contributed by atoms with E-state index in [4.69, 9.17) is 18.7 Å². The van der Waals surface area contributed by atoms with E-state index in [0.29, 0.717) is 55.1 Å². The van der Waals surface area contributed by atoms with Gasteiger partial charge >= 0.3 is 0 Å². The largest absolute Gasteiger partial charge is 0.496 e. The van der Waals surface area contributed by atoms with Crippen molar-refractivity contribution in [3.05, 3.63) is 88.8 Å². The van der Waals surface area contributed by atoms with Gasteiger partial charge in [0, 0.05) is 42.4 Å². The third kappa shape index (κ3) is 6.68. The molecule has 1 amide bonds. The normalized spacial score (nSPS) is 10.7. The van der Waals surface area contributed by atoms with Gasteiger partial charge in [0.05, 0.1) is 27.4 Å². The first-order chi connectivity index (χ1) is 18.5. The zero-order chi connectivity index (χ0) is 26.9. The predicted molar refractivity (Wildman–Crippen MR) is 145 cm³/mol. The van der Waals surface area contributed by atoms with Crippen LogP contribution in [0.25, 0.3) is 11.4 Å². The summed E-state index contributed by atoms with van der Waals surface area (Å²) < 4.78 is 21.8. The van der Waals surface area contributed by atoms with Gasteiger partial charge in [-0.15, -0.1) is 0 Å². The van der Waals surface area contributed by atoms with E-state index in [0.717, 1.165) is 27.9 Å². The van der Waals surface area contributed by atoms with Gasteiger partial charge in [-0.3, -0.25) is 4.79 Å². The number of benzene rings is 3. The fourth-order valence-electron chi connectivity index (χ4n) is 3.97. The van der Waals surface area contributed by atoms with E-state index in [2.05, 4.69) is 20.8 Å². The highest BCUT2D eigenvalue weighted by Crippen LogP contribution is 2.30. The molecular weight excluding hydrogens is 484 g/mol. The third-order valence-corrected chi connectivity index (χ3v) is 6.02. The summed E-state index contributed by atoms with van der Waals surface area (Å²) in [5, 5.41) is 10.4. The van der Waals surface area contributed by atoms with Crippen LogP contribution >= 0.6 is 0 Å². The lowest BCUT2D eigenvalue weighted by atomic mass is 10.1. The van der Waals surface area contributed by atoms with Crippen molar-refractivity contribution in [3.8, 4) is 22.9 Å². The maximum atomic E-state index is 13.0. The zero-order valence-electron chi connectivity index (χ0n) is 22.0. The lowest BCUT2D eigenvalue weighted by Crippen LogP contribution is -2.24. The van der Waals surface area contributed by atoms with Crippen molar-refractivity contribution in [1.82, 2.24) is 15.5 Å². The van der Waals surface area contributed by atoms with Crippen LogP contribution in [0.3, 0.4) is 0 Å². The Hall–Kier alpha value is -4.37. The molecule has 1 heterocycles. The van der Waals surface area contributed by atoms with Crippen LogP contribution in [0.15, 0.2) is 65.2 Å². The molecule has 0 saturated heterocycles. The Kier molecular flexibility index (Phi) is 8.94. The second-order valence-corrected chi connectivity index (χ2v) is 8.66. The third-order valence-electron chi connectivity index (χ3n) is 6.02. The standard InChI is InChI=1S/C29H32N4O5/c1-19-26(35-3)15-24(16-27(19)36-4)29(34)31-17-23-11-10-22(28-32-20(2)38-33-28)14-25(23)30-12-13-37-18-21-8-6-5-7-9-21/h5-11,14-16,30H,12-13,17-18H2,1-4H3,(H,31,34). The second kappa shape index (κ2) is 12.7. The number of rotatable bonds is 12. The minimum atomic E-state index is -0.239. The average molecular weight is 517 g/mol. The van der Waals surface area contributed by atoms with Gasteiger partial charge in [0.15, 0.2) is 0 Å². The monoisotopic (exact) mass is 516 g/mol. The lowest BCUT2D eigenvalue weighted by Gasteiger charge is -2.15. The molecule has 0 aliphatic heterocycles. The molecule has 0 aliphatic carbocycles. The van der Waals surface area contributed by atoms with Crippen LogP contribution in [0.4, 0.5) is 5.69 Å². The van der Waals surface area contributed by atoms with Crippen molar-refractivity contribution in [1.29, 1.82) is 0 Å². The molecule has 198 valence electrons. The predicted octanol–water partition coefficient (Wildman–Crippen LogP) is 4.93. The highest BCUT2D eigenvalue weighted by atomic mass is 16.5. The van der Waals surface area contributed by atoms with Gasteiger partial charge in [-0.25, -0.2) is 0 Å². The molecule has 3 aromatic carbocycles. The SMILES string of the molecule is COc1cc(C(=O)NCc2ccc(-c3noc(C)n3)cc2NCCOCc2ccccc2)cc(OC)c1C. The molecule has 0 saturated carbocycles. The number of aromatic nitrogens is 2. The number of methoxy groups -OCH3 is 2. The van der Waals surface area contributed by atoms with Gasteiger partial charge in [-0.05, 0) is 36.2 Å². The summed E-state index contributed by atoms with van der Waals surface area (Å²) in [7, 11) is 3.13. The number of ether oxygens (including phenoxy) is 3. The van der Waals surface area contributed by atoms with E-state index in [9.17, 15) is 4.79 Å².